The Bertz CT molecular complexity index is 798. The van der Waals surface area contributed by atoms with E-state index in [1.54, 1.807) is 0 Å². The second-order valence-corrected chi connectivity index (χ2v) is 5.42. The van der Waals surface area contributed by atoms with E-state index in [2.05, 4.69) is 5.32 Å². The largest absolute Gasteiger partial charge is 0.480 e. The molecule has 2 rings (SSSR count). The van der Waals surface area contributed by atoms with Crippen LogP contribution >= 0.6 is 0 Å². The molecule has 0 aliphatic rings. The molecular weight excluding hydrogens is 361 g/mol. The third-order valence-corrected chi connectivity index (χ3v) is 3.45. The number of rotatable bonds is 5. The molecule has 1 atom stereocenters. The van der Waals surface area contributed by atoms with Crippen molar-refractivity contribution in [2.45, 2.75) is 18.6 Å². The Kier molecular flexibility index (Phi) is 5.59. The molecular formula is C17H12F5NO3. The van der Waals surface area contributed by atoms with Crippen LogP contribution < -0.4 is 5.32 Å². The van der Waals surface area contributed by atoms with E-state index in [0.717, 1.165) is 36.4 Å². The normalized spacial score (nSPS) is 12.5. The van der Waals surface area contributed by atoms with Crippen molar-refractivity contribution in [1.82, 2.24) is 5.32 Å². The zero-order valence-corrected chi connectivity index (χ0v) is 13.0. The minimum atomic E-state index is -4.53. The van der Waals surface area contributed by atoms with Gasteiger partial charge in [-0.3, -0.25) is 4.79 Å². The fraction of sp³-hybridized carbons (Fsp3) is 0.176. The minimum absolute atomic E-state index is 0.233. The lowest BCUT2D eigenvalue weighted by molar-refractivity contribution is -0.139. The Hall–Kier alpha value is -2.97. The predicted octanol–water partition coefficient (Wildman–Crippen LogP) is 3.41. The van der Waals surface area contributed by atoms with Crippen molar-refractivity contribution in [2.24, 2.45) is 0 Å². The highest BCUT2D eigenvalue weighted by Gasteiger charge is 2.30. The van der Waals surface area contributed by atoms with Crippen LogP contribution in [0.1, 0.15) is 21.5 Å². The molecule has 4 nitrogen and oxygen atoms in total. The lowest BCUT2D eigenvalue weighted by atomic mass is 10.0. The number of carboxylic acid groups (broad SMARTS) is 1. The van der Waals surface area contributed by atoms with E-state index in [1.807, 2.05) is 0 Å². The lowest BCUT2D eigenvalue weighted by Crippen LogP contribution is -2.42. The van der Waals surface area contributed by atoms with Crippen LogP contribution in [-0.2, 0) is 17.4 Å². The second-order valence-electron chi connectivity index (χ2n) is 5.42. The first-order chi connectivity index (χ1) is 12.1. The molecule has 0 bridgehead atoms. The Balaban J connectivity index is 2.14. The number of halogens is 5. The molecule has 2 N–H and O–H groups in total. The zero-order chi connectivity index (χ0) is 19.5. The van der Waals surface area contributed by atoms with Crippen molar-refractivity contribution in [2.75, 3.05) is 0 Å². The molecule has 0 aliphatic heterocycles. The van der Waals surface area contributed by atoms with Crippen molar-refractivity contribution in [3.8, 4) is 0 Å². The first-order valence-corrected chi connectivity index (χ1v) is 7.22. The van der Waals surface area contributed by atoms with Crippen LogP contribution in [0, 0.1) is 11.6 Å². The number of alkyl halides is 3. The summed E-state index contributed by atoms with van der Waals surface area (Å²) < 4.78 is 63.8. The molecule has 0 unspecified atom stereocenters. The van der Waals surface area contributed by atoms with Crippen LogP contribution in [0.2, 0.25) is 0 Å². The monoisotopic (exact) mass is 373 g/mol. The summed E-state index contributed by atoms with van der Waals surface area (Å²) in [5.74, 6) is -4.49. The molecule has 1 amide bonds. The van der Waals surface area contributed by atoms with Crippen LogP contribution in [0.4, 0.5) is 22.0 Å². The van der Waals surface area contributed by atoms with Crippen molar-refractivity contribution in [3.63, 3.8) is 0 Å². The minimum Gasteiger partial charge on any atom is -0.480 e. The number of carbonyl (C=O) groups excluding carboxylic acids is 1. The molecule has 0 radical (unpaired) electrons. The molecule has 0 spiro atoms. The van der Waals surface area contributed by atoms with E-state index in [0.29, 0.717) is 6.07 Å². The summed E-state index contributed by atoms with van der Waals surface area (Å²) in [5.41, 5.74) is -1.08. The van der Waals surface area contributed by atoms with E-state index in [1.165, 1.54) is 0 Å². The van der Waals surface area contributed by atoms with E-state index >= 15 is 0 Å². The number of carboxylic acids is 1. The maximum atomic E-state index is 13.1. The average Bonchev–Trinajstić information content (AvgIpc) is 2.52. The van der Waals surface area contributed by atoms with Gasteiger partial charge in [0, 0.05) is 18.1 Å². The Labute approximate surface area is 144 Å². The molecule has 0 heterocycles. The summed E-state index contributed by atoms with van der Waals surface area (Å²) in [6.45, 7) is 0. The second kappa shape index (κ2) is 7.51. The van der Waals surface area contributed by atoms with E-state index in [4.69, 9.17) is 0 Å². The van der Waals surface area contributed by atoms with Crippen LogP contribution in [-0.4, -0.2) is 23.0 Å². The molecule has 0 saturated heterocycles. The summed E-state index contributed by atoms with van der Waals surface area (Å²) in [6.07, 6.45) is -4.84. The Morgan fingerprint density at radius 2 is 1.54 bits per heavy atom. The number of carbonyl (C=O) groups is 2. The average molecular weight is 373 g/mol. The maximum absolute atomic E-state index is 13.1. The highest BCUT2D eigenvalue weighted by atomic mass is 19.4. The van der Waals surface area contributed by atoms with Crippen LogP contribution in [0.3, 0.4) is 0 Å². The molecule has 138 valence electrons. The first kappa shape index (κ1) is 19.4. The van der Waals surface area contributed by atoms with Gasteiger partial charge in [-0.2, -0.15) is 13.2 Å². The molecule has 0 saturated carbocycles. The number of benzene rings is 2. The van der Waals surface area contributed by atoms with Crippen LogP contribution in [0.5, 0.6) is 0 Å². The van der Waals surface area contributed by atoms with Crippen LogP contribution in [0.15, 0.2) is 42.5 Å². The quantitative estimate of drug-likeness (QED) is 0.790. The number of hydrogen-bond acceptors (Lipinski definition) is 2. The van der Waals surface area contributed by atoms with E-state index < -0.39 is 46.9 Å². The van der Waals surface area contributed by atoms with Crippen LogP contribution in [0.25, 0.3) is 0 Å². The topological polar surface area (TPSA) is 66.4 Å². The van der Waals surface area contributed by atoms with Gasteiger partial charge in [-0.1, -0.05) is 12.1 Å². The SMILES string of the molecule is O=C(N[C@H](Cc1ccc(C(F)(F)F)cc1)C(=O)O)c1cc(F)cc(F)c1. The molecule has 0 aliphatic carbocycles. The standard InChI is InChI=1S/C17H12F5NO3/c18-12-6-10(7-13(19)8-12)15(24)23-14(16(25)26)5-9-1-3-11(4-2-9)17(20,21)22/h1-4,6-8,14H,5H2,(H,23,24)(H,25,26)/t14-/m1/s1. The Morgan fingerprint density at radius 3 is 2.00 bits per heavy atom. The van der Waals surface area contributed by atoms with Gasteiger partial charge in [-0.15, -0.1) is 0 Å². The van der Waals surface area contributed by atoms with Gasteiger partial charge in [0.15, 0.2) is 0 Å². The molecule has 9 heteroatoms. The molecule has 2 aromatic carbocycles. The number of aliphatic carboxylic acids is 1. The van der Waals surface area contributed by atoms with Gasteiger partial charge in [0.25, 0.3) is 5.91 Å². The smallest absolute Gasteiger partial charge is 0.416 e. The zero-order valence-electron chi connectivity index (χ0n) is 13.0. The molecule has 26 heavy (non-hydrogen) atoms. The highest BCUT2D eigenvalue weighted by molar-refractivity contribution is 5.96. The number of nitrogens with one attached hydrogen (secondary N) is 1. The first-order valence-electron chi connectivity index (χ1n) is 7.22. The van der Waals surface area contributed by atoms with Gasteiger partial charge < -0.3 is 10.4 Å². The summed E-state index contributed by atoms with van der Waals surface area (Å²) in [4.78, 5) is 23.3. The van der Waals surface area contributed by atoms with Gasteiger partial charge in [-0.25, -0.2) is 13.6 Å². The lowest BCUT2D eigenvalue weighted by Gasteiger charge is -2.15. The number of amides is 1. The van der Waals surface area contributed by atoms with Crippen molar-refractivity contribution < 1.29 is 36.6 Å². The van der Waals surface area contributed by atoms with Crippen molar-refractivity contribution in [1.29, 1.82) is 0 Å². The Morgan fingerprint density at radius 1 is 1.00 bits per heavy atom. The number of hydrogen-bond donors (Lipinski definition) is 2. The summed E-state index contributed by atoms with van der Waals surface area (Å²) in [7, 11) is 0. The summed E-state index contributed by atoms with van der Waals surface area (Å²) in [5, 5.41) is 11.3. The molecule has 0 fully saturated rings. The van der Waals surface area contributed by atoms with Crippen molar-refractivity contribution in [3.05, 3.63) is 70.8 Å². The summed E-state index contributed by atoms with van der Waals surface area (Å²) in [6, 6.07) is 4.28. The van der Waals surface area contributed by atoms with Gasteiger partial charge in [0.2, 0.25) is 0 Å². The highest BCUT2D eigenvalue weighted by Crippen LogP contribution is 2.29. The third-order valence-electron chi connectivity index (χ3n) is 3.45. The molecule has 2 aromatic rings. The molecule has 0 aromatic heterocycles. The van der Waals surface area contributed by atoms with E-state index in [9.17, 15) is 36.6 Å². The maximum Gasteiger partial charge on any atom is 0.416 e. The fourth-order valence-electron chi connectivity index (χ4n) is 2.19. The van der Waals surface area contributed by atoms with Gasteiger partial charge in [0.1, 0.15) is 17.7 Å². The van der Waals surface area contributed by atoms with E-state index in [-0.39, 0.29) is 12.0 Å². The van der Waals surface area contributed by atoms with Gasteiger partial charge >= 0.3 is 12.1 Å². The van der Waals surface area contributed by atoms with Gasteiger partial charge in [-0.05, 0) is 29.8 Å². The third kappa shape index (κ3) is 5.01. The van der Waals surface area contributed by atoms with Gasteiger partial charge in [0.05, 0.1) is 5.56 Å². The fourth-order valence-corrected chi connectivity index (χ4v) is 2.19. The van der Waals surface area contributed by atoms with Crippen molar-refractivity contribution >= 4 is 11.9 Å². The predicted molar refractivity (Wildman–Crippen MR) is 80.4 cm³/mol. The summed E-state index contributed by atoms with van der Waals surface area (Å²) >= 11 is 0.